The SMILES string of the molecule is CC(CO)NC(=O)c1ccc2c(c1)OCCO2. The molecule has 1 heterocycles. The number of nitrogens with one attached hydrogen (secondary N) is 1. The average Bonchev–Trinajstić information content (AvgIpc) is 2.38. The van der Waals surface area contributed by atoms with Crippen molar-refractivity contribution in [2.24, 2.45) is 0 Å². The Hall–Kier alpha value is -1.75. The Balaban J connectivity index is 2.13. The van der Waals surface area contributed by atoms with Crippen LogP contribution in [0.15, 0.2) is 18.2 Å². The summed E-state index contributed by atoms with van der Waals surface area (Å²) in [5, 5.41) is 11.5. The van der Waals surface area contributed by atoms with Crippen molar-refractivity contribution < 1.29 is 19.4 Å². The average molecular weight is 237 g/mol. The van der Waals surface area contributed by atoms with Gasteiger partial charge in [-0.25, -0.2) is 0 Å². The molecule has 5 nitrogen and oxygen atoms in total. The minimum absolute atomic E-state index is 0.0870. The van der Waals surface area contributed by atoms with Crippen molar-refractivity contribution in [1.82, 2.24) is 5.32 Å². The molecule has 1 unspecified atom stereocenters. The van der Waals surface area contributed by atoms with Crippen LogP contribution < -0.4 is 14.8 Å². The largest absolute Gasteiger partial charge is 0.486 e. The summed E-state index contributed by atoms with van der Waals surface area (Å²) in [6, 6.07) is 4.77. The van der Waals surface area contributed by atoms with Gasteiger partial charge in [0.25, 0.3) is 5.91 Å². The number of rotatable bonds is 3. The number of fused-ring (bicyclic) bond motifs is 1. The molecule has 0 radical (unpaired) electrons. The lowest BCUT2D eigenvalue weighted by Crippen LogP contribution is -2.35. The second-order valence-electron chi connectivity index (χ2n) is 3.92. The number of amides is 1. The first kappa shape index (κ1) is 11.7. The fourth-order valence-electron chi connectivity index (χ4n) is 1.54. The molecule has 0 aliphatic carbocycles. The molecular formula is C12H15NO4. The molecule has 1 aromatic carbocycles. The summed E-state index contributed by atoms with van der Waals surface area (Å²) < 4.78 is 10.8. The molecule has 0 bridgehead atoms. The number of benzene rings is 1. The molecule has 0 fully saturated rings. The lowest BCUT2D eigenvalue weighted by Gasteiger charge is -2.19. The first-order chi connectivity index (χ1) is 8.20. The van der Waals surface area contributed by atoms with E-state index in [2.05, 4.69) is 5.32 Å². The Labute approximate surface area is 99.3 Å². The number of aliphatic hydroxyl groups excluding tert-OH is 1. The zero-order valence-electron chi connectivity index (χ0n) is 9.60. The topological polar surface area (TPSA) is 67.8 Å². The summed E-state index contributed by atoms with van der Waals surface area (Å²) in [5.74, 6) is 1.01. The molecule has 1 aromatic rings. The van der Waals surface area contributed by atoms with Crippen LogP contribution in [0.25, 0.3) is 0 Å². The zero-order valence-corrected chi connectivity index (χ0v) is 9.60. The van der Waals surface area contributed by atoms with Crippen LogP contribution in [0, 0.1) is 0 Å². The fraction of sp³-hybridized carbons (Fsp3) is 0.417. The lowest BCUT2D eigenvalue weighted by atomic mass is 10.1. The maximum atomic E-state index is 11.8. The zero-order chi connectivity index (χ0) is 12.3. The standard InChI is InChI=1S/C12H15NO4/c1-8(7-14)13-12(15)9-2-3-10-11(6-9)17-5-4-16-10/h2-3,6,8,14H,4-5,7H2,1H3,(H,13,15). The number of aliphatic hydroxyl groups is 1. The van der Waals surface area contributed by atoms with Gasteiger partial charge in [-0.2, -0.15) is 0 Å². The highest BCUT2D eigenvalue weighted by atomic mass is 16.6. The van der Waals surface area contributed by atoms with Crippen molar-refractivity contribution in [2.75, 3.05) is 19.8 Å². The molecule has 1 aliphatic heterocycles. The second kappa shape index (κ2) is 5.05. The van der Waals surface area contributed by atoms with Crippen LogP contribution >= 0.6 is 0 Å². The molecule has 0 saturated carbocycles. The van der Waals surface area contributed by atoms with E-state index in [0.29, 0.717) is 30.3 Å². The fourth-order valence-corrected chi connectivity index (χ4v) is 1.54. The highest BCUT2D eigenvalue weighted by Gasteiger charge is 2.15. The van der Waals surface area contributed by atoms with E-state index < -0.39 is 0 Å². The lowest BCUT2D eigenvalue weighted by molar-refractivity contribution is 0.0921. The van der Waals surface area contributed by atoms with E-state index in [4.69, 9.17) is 14.6 Å². The molecule has 0 saturated heterocycles. The third-order valence-corrected chi connectivity index (χ3v) is 2.46. The van der Waals surface area contributed by atoms with E-state index in [0.717, 1.165) is 0 Å². The van der Waals surface area contributed by atoms with Crippen molar-refractivity contribution in [3.8, 4) is 11.5 Å². The van der Waals surface area contributed by atoms with Gasteiger partial charge in [0, 0.05) is 11.6 Å². The van der Waals surface area contributed by atoms with Gasteiger partial charge in [0.15, 0.2) is 11.5 Å². The smallest absolute Gasteiger partial charge is 0.251 e. The molecule has 17 heavy (non-hydrogen) atoms. The van der Waals surface area contributed by atoms with Crippen molar-refractivity contribution in [1.29, 1.82) is 0 Å². The van der Waals surface area contributed by atoms with Crippen LogP contribution in [-0.2, 0) is 0 Å². The summed E-state index contributed by atoms with van der Waals surface area (Å²) in [7, 11) is 0. The van der Waals surface area contributed by atoms with Gasteiger partial charge in [0.05, 0.1) is 6.61 Å². The number of carbonyl (C=O) groups excluding carboxylic acids is 1. The Kier molecular flexibility index (Phi) is 3.49. The van der Waals surface area contributed by atoms with Crippen LogP contribution in [0.2, 0.25) is 0 Å². The summed E-state index contributed by atoms with van der Waals surface area (Å²) in [6.07, 6.45) is 0. The monoisotopic (exact) mass is 237 g/mol. The third-order valence-electron chi connectivity index (χ3n) is 2.46. The van der Waals surface area contributed by atoms with Gasteiger partial charge >= 0.3 is 0 Å². The van der Waals surface area contributed by atoms with Crippen LogP contribution in [0.4, 0.5) is 0 Å². The molecule has 1 atom stereocenters. The highest BCUT2D eigenvalue weighted by molar-refractivity contribution is 5.95. The predicted molar refractivity (Wildman–Crippen MR) is 61.4 cm³/mol. The Morgan fingerprint density at radius 1 is 1.41 bits per heavy atom. The quantitative estimate of drug-likeness (QED) is 0.806. The molecule has 1 amide bonds. The molecule has 1 aliphatic rings. The van der Waals surface area contributed by atoms with E-state index in [1.54, 1.807) is 25.1 Å². The van der Waals surface area contributed by atoms with Gasteiger partial charge in [-0.05, 0) is 25.1 Å². The second-order valence-corrected chi connectivity index (χ2v) is 3.92. The first-order valence-electron chi connectivity index (χ1n) is 5.52. The van der Waals surface area contributed by atoms with Crippen molar-refractivity contribution in [3.05, 3.63) is 23.8 Å². The van der Waals surface area contributed by atoms with E-state index in [9.17, 15) is 4.79 Å². The van der Waals surface area contributed by atoms with E-state index in [1.807, 2.05) is 0 Å². The van der Waals surface area contributed by atoms with Crippen molar-refractivity contribution in [3.63, 3.8) is 0 Å². The number of hydrogen-bond donors (Lipinski definition) is 2. The van der Waals surface area contributed by atoms with Crippen molar-refractivity contribution in [2.45, 2.75) is 13.0 Å². The van der Waals surface area contributed by atoms with Crippen LogP contribution in [0.5, 0.6) is 11.5 Å². The molecule has 92 valence electrons. The Morgan fingerprint density at radius 3 is 2.82 bits per heavy atom. The minimum atomic E-state index is -0.268. The van der Waals surface area contributed by atoms with Crippen LogP contribution in [-0.4, -0.2) is 36.9 Å². The van der Waals surface area contributed by atoms with Gasteiger partial charge in [-0.15, -0.1) is 0 Å². The summed E-state index contributed by atoms with van der Waals surface area (Å²) in [6.45, 7) is 2.66. The summed E-state index contributed by atoms with van der Waals surface area (Å²) in [5.41, 5.74) is 0.495. The maximum Gasteiger partial charge on any atom is 0.251 e. The minimum Gasteiger partial charge on any atom is -0.486 e. The van der Waals surface area contributed by atoms with Gasteiger partial charge in [-0.3, -0.25) is 4.79 Å². The highest BCUT2D eigenvalue weighted by Crippen LogP contribution is 2.30. The molecule has 0 aromatic heterocycles. The molecular weight excluding hydrogens is 222 g/mol. The molecule has 0 spiro atoms. The molecule has 2 N–H and O–H groups in total. The Bertz CT molecular complexity index is 419. The first-order valence-corrected chi connectivity index (χ1v) is 5.52. The van der Waals surface area contributed by atoms with E-state index in [-0.39, 0.29) is 18.6 Å². The van der Waals surface area contributed by atoms with Crippen molar-refractivity contribution >= 4 is 5.91 Å². The normalized spacial score (nSPS) is 15.2. The van der Waals surface area contributed by atoms with E-state index >= 15 is 0 Å². The van der Waals surface area contributed by atoms with Gasteiger partial charge < -0.3 is 19.9 Å². The molecule has 5 heteroatoms. The molecule has 2 rings (SSSR count). The van der Waals surface area contributed by atoms with Gasteiger partial charge in [-0.1, -0.05) is 0 Å². The summed E-state index contributed by atoms with van der Waals surface area (Å²) >= 11 is 0. The summed E-state index contributed by atoms with van der Waals surface area (Å²) in [4.78, 5) is 11.8. The van der Waals surface area contributed by atoms with E-state index in [1.165, 1.54) is 0 Å². The Morgan fingerprint density at radius 2 is 2.12 bits per heavy atom. The predicted octanol–water partition coefficient (Wildman–Crippen LogP) is 0.568. The number of hydrogen-bond acceptors (Lipinski definition) is 4. The van der Waals surface area contributed by atoms with Gasteiger partial charge in [0.1, 0.15) is 13.2 Å². The van der Waals surface area contributed by atoms with Gasteiger partial charge in [0.2, 0.25) is 0 Å². The third kappa shape index (κ3) is 2.68. The van der Waals surface area contributed by atoms with Crippen LogP contribution in [0.3, 0.4) is 0 Å². The maximum absolute atomic E-state index is 11.8. The van der Waals surface area contributed by atoms with Crippen LogP contribution in [0.1, 0.15) is 17.3 Å². The number of ether oxygens (including phenoxy) is 2. The number of carbonyl (C=O) groups is 1.